The molecule has 1 N–H and O–H groups in total. The number of aryl methyl sites for hydroxylation is 1. The first kappa shape index (κ1) is 14.2. The maximum atomic E-state index is 11.8. The lowest BCUT2D eigenvalue weighted by Gasteiger charge is -2.01. The van der Waals surface area contributed by atoms with Crippen LogP contribution in [-0.2, 0) is 16.1 Å². The Bertz CT molecular complexity index is 606. The number of rotatable bonds is 5. The van der Waals surface area contributed by atoms with Crippen molar-refractivity contribution in [2.24, 2.45) is 0 Å². The molecule has 0 bridgehead atoms. The second-order valence-electron chi connectivity index (χ2n) is 3.98. The fourth-order valence-corrected chi connectivity index (χ4v) is 2.56. The summed E-state index contributed by atoms with van der Waals surface area (Å²) in [6.07, 6.45) is 2.82. The Morgan fingerprint density at radius 2 is 2.30 bits per heavy atom. The molecule has 0 saturated carbocycles. The van der Waals surface area contributed by atoms with E-state index in [1.165, 1.54) is 28.7 Å². The largest absolute Gasteiger partial charge is 0.462 e. The van der Waals surface area contributed by atoms with Gasteiger partial charge in [-0.25, -0.2) is 14.5 Å². The van der Waals surface area contributed by atoms with Crippen molar-refractivity contribution in [2.45, 2.75) is 20.4 Å². The molecule has 8 heteroatoms. The predicted molar refractivity (Wildman–Crippen MR) is 73.7 cm³/mol. The van der Waals surface area contributed by atoms with Crippen molar-refractivity contribution in [3.05, 3.63) is 29.2 Å². The Kier molecular flexibility index (Phi) is 4.46. The zero-order valence-corrected chi connectivity index (χ0v) is 11.9. The molecule has 0 saturated heterocycles. The van der Waals surface area contributed by atoms with E-state index in [1.54, 1.807) is 19.9 Å². The van der Waals surface area contributed by atoms with Gasteiger partial charge in [-0.1, -0.05) is 0 Å². The van der Waals surface area contributed by atoms with Crippen LogP contribution < -0.4 is 5.32 Å². The number of carbonyl (C=O) groups is 2. The summed E-state index contributed by atoms with van der Waals surface area (Å²) in [7, 11) is 0. The van der Waals surface area contributed by atoms with Crippen LogP contribution in [0.15, 0.2) is 18.7 Å². The van der Waals surface area contributed by atoms with Crippen LogP contribution in [-0.4, -0.2) is 33.2 Å². The Balaban J connectivity index is 2.01. The number of carbonyl (C=O) groups excluding carboxylic acids is 2. The molecule has 7 nitrogen and oxygen atoms in total. The molecule has 0 radical (unpaired) electrons. The summed E-state index contributed by atoms with van der Waals surface area (Å²) in [5.74, 6) is -0.598. The molecular weight excluding hydrogens is 280 g/mol. The van der Waals surface area contributed by atoms with E-state index in [4.69, 9.17) is 4.74 Å². The van der Waals surface area contributed by atoms with Crippen LogP contribution in [0, 0.1) is 6.92 Å². The Hall–Kier alpha value is -2.22. The van der Waals surface area contributed by atoms with E-state index < -0.39 is 0 Å². The van der Waals surface area contributed by atoms with E-state index >= 15 is 0 Å². The number of amides is 1. The van der Waals surface area contributed by atoms with Gasteiger partial charge in [0.1, 0.15) is 24.1 Å². The van der Waals surface area contributed by atoms with Gasteiger partial charge in [0.25, 0.3) is 0 Å². The molecule has 1 amide bonds. The molecule has 0 aliphatic heterocycles. The minimum absolute atomic E-state index is 0.0751. The van der Waals surface area contributed by atoms with Gasteiger partial charge < -0.3 is 10.1 Å². The highest BCUT2D eigenvalue weighted by molar-refractivity contribution is 7.18. The van der Waals surface area contributed by atoms with Crippen LogP contribution in [0.25, 0.3) is 0 Å². The van der Waals surface area contributed by atoms with Crippen LogP contribution in [0.1, 0.15) is 22.2 Å². The zero-order chi connectivity index (χ0) is 14.5. The van der Waals surface area contributed by atoms with Crippen LogP contribution in [0.4, 0.5) is 5.00 Å². The third-order valence-corrected chi connectivity index (χ3v) is 3.55. The van der Waals surface area contributed by atoms with E-state index in [9.17, 15) is 9.59 Å². The molecule has 2 aromatic rings. The van der Waals surface area contributed by atoms with Crippen molar-refractivity contribution >= 4 is 28.2 Å². The lowest BCUT2D eigenvalue weighted by atomic mass is 10.3. The lowest BCUT2D eigenvalue weighted by Crippen LogP contribution is -2.18. The highest BCUT2D eigenvalue weighted by Gasteiger charge is 2.15. The first-order chi connectivity index (χ1) is 9.60. The first-order valence-corrected chi connectivity index (χ1v) is 6.81. The predicted octanol–water partition coefficient (Wildman–Crippen LogP) is 1.46. The summed E-state index contributed by atoms with van der Waals surface area (Å²) >= 11 is 1.20. The number of hydrogen-bond acceptors (Lipinski definition) is 6. The summed E-state index contributed by atoms with van der Waals surface area (Å²) in [6.45, 7) is 3.95. The number of aromatic nitrogens is 3. The van der Waals surface area contributed by atoms with Gasteiger partial charge in [-0.15, -0.1) is 11.3 Å². The first-order valence-electron chi connectivity index (χ1n) is 6.00. The van der Waals surface area contributed by atoms with Crippen molar-refractivity contribution in [2.75, 3.05) is 11.9 Å². The van der Waals surface area contributed by atoms with Gasteiger partial charge in [-0.05, 0) is 25.5 Å². The number of hydrogen-bond donors (Lipinski definition) is 1. The molecule has 0 atom stereocenters. The van der Waals surface area contributed by atoms with Crippen molar-refractivity contribution in [3.8, 4) is 0 Å². The van der Waals surface area contributed by atoms with E-state index in [-0.39, 0.29) is 18.4 Å². The van der Waals surface area contributed by atoms with E-state index in [0.717, 1.165) is 5.56 Å². The topological polar surface area (TPSA) is 86.1 Å². The average Bonchev–Trinajstić information content (AvgIpc) is 2.99. The van der Waals surface area contributed by atoms with Crippen molar-refractivity contribution in [3.63, 3.8) is 0 Å². The van der Waals surface area contributed by atoms with Gasteiger partial charge >= 0.3 is 5.97 Å². The Labute approximate surface area is 119 Å². The molecule has 0 spiro atoms. The second-order valence-corrected chi connectivity index (χ2v) is 5.04. The number of nitrogens with zero attached hydrogens (tertiary/aromatic N) is 3. The number of anilines is 1. The van der Waals surface area contributed by atoms with Crippen molar-refractivity contribution in [1.82, 2.24) is 14.8 Å². The molecule has 20 heavy (non-hydrogen) atoms. The third-order valence-electron chi connectivity index (χ3n) is 2.41. The summed E-state index contributed by atoms with van der Waals surface area (Å²) in [6, 6.07) is 1.75. The fourth-order valence-electron chi connectivity index (χ4n) is 1.58. The van der Waals surface area contributed by atoms with Gasteiger partial charge in [0, 0.05) is 0 Å². The van der Waals surface area contributed by atoms with Gasteiger partial charge in [-0.2, -0.15) is 5.10 Å². The maximum absolute atomic E-state index is 11.8. The van der Waals surface area contributed by atoms with Crippen molar-refractivity contribution in [1.29, 1.82) is 0 Å². The molecule has 0 aliphatic carbocycles. The average molecular weight is 294 g/mol. The number of nitrogens with one attached hydrogen (secondary N) is 1. The van der Waals surface area contributed by atoms with E-state index in [1.807, 2.05) is 0 Å². The summed E-state index contributed by atoms with van der Waals surface area (Å²) in [5.41, 5.74) is 0.782. The highest BCUT2D eigenvalue weighted by atomic mass is 32.1. The zero-order valence-electron chi connectivity index (χ0n) is 11.1. The Morgan fingerprint density at radius 1 is 1.50 bits per heavy atom. The molecule has 0 aliphatic rings. The molecular formula is C12H14N4O3S. The molecule has 2 rings (SSSR count). The van der Waals surface area contributed by atoms with Crippen LogP contribution in [0.5, 0.6) is 0 Å². The van der Waals surface area contributed by atoms with Gasteiger partial charge in [0.2, 0.25) is 5.91 Å². The maximum Gasteiger partial charge on any atom is 0.348 e. The van der Waals surface area contributed by atoms with Crippen LogP contribution in [0.2, 0.25) is 0 Å². The van der Waals surface area contributed by atoms with Crippen LogP contribution >= 0.6 is 11.3 Å². The fraction of sp³-hybridized carbons (Fsp3) is 0.333. The van der Waals surface area contributed by atoms with Gasteiger partial charge in [-0.3, -0.25) is 4.79 Å². The van der Waals surface area contributed by atoms with Crippen molar-refractivity contribution < 1.29 is 14.3 Å². The highest BCUT2D eigenvalue weighted by Crippen LogP contribution is 2.27. The molecule has 2 aromatic heterocycles. The SMILES string of the molecule is CCOC(=O)c1sc(NC(=O)Cn2cncn2)cc1C. The number of thiophene rings is 1. The van der Waals surface area contributed by atoms with Gasteiger partial charge in [0.15, 0.2) is 0 Å². The minimum atomic E-state index is -0.369. The summed E-state index contributed by atoms with van der Waals surface area (Å²) < 4.78 is 6.37. The van der Waals surface area contributed by atoms with E-state index in [2.05, 4.69) is 15.4 Å². The molecule has 0 aromatic carbocycles. The smallest absolute Gasteiger partial charge is 0.348 e. The molecule has 2 heterocycles. The Morgan fingerprint density at radius 3 is 2.95 bits per heavy atom. The summed E-state index contributed by atoms with van der Waals surface area (Å²) in [5, 5.41) is 7.18. The number of esters is 1. The third kappa shape index (κ3) is 3.41. The second kappa shape index (κ2) is 6.29. The quantitative estimate of drug-likeness (QED) is 0.844. The molecule has 0 unspecified atom stereocenters. The standard InChI is InChI=1S/C12H14N4O3S/c1-3-19-12(18)11-8(2)4-10(20-11)15-9(17)5-16-7-13-6-14-16/h4,6-7H,3,5H2,1-2H3,(H,15,17). The van der Waals surface area contributed by atoms with E-state index in [0.29, 0.717) is 16.5 Å². The van der Waals surface area contributed by atoms with Gasteiger partial charge in [0.05, 0.1) is 11.6 Å². The lowest BCUT2D eigenvalue weighted by molar-refractivity contribution is -0.116. The molecule has 0 fully saturated rings. The van der Waals surface area contributed by atoms with Crippen LogP contribution in [0.3, 0.4) is 0 Å². The normalized spacial score (nSPS) is 10.3. The molecule has 106 valence electrons. The summed E-state index contributed by atoms with van der Waals surface area (Å²) in [4.78, 5) is 27.7. The minimum Gasteiger partial charge on any atom is -0.462 e. The monoisotopic (exact) mass is 294 g/mol. The number of ether oxygens (including phenoxy) is 1.